The zero-order valence-corrected chi connectivity index (χ0v) is 15.1. The second-order valence-electron chi connectivity index (χ2n) is 5.14. The Kier molecular flexibility index (Phi) is 4.03. The topological polar surface area (TPSA) is 52.0 Å². The number of hydrogen-bond donors (Lipinski definition) is 1. The molecule has 120 valence electrons. The molecule has 3 aromatic rings. The second-order valence-corrected chi connectivity index (χ2v) is 6.89. The quantitative estimate of drug-likeness (QED) is 0.707. The molecule has 1 N–H and O–H groups in total. The number of methoxy groups -OCH3 is 1. The zero-order chi connectivity index (χ0) is 16.5. The summed E-state index contributed by atoms with van der Waals surface area (Å²) in [5.41, 5.74) is 6.44. The van der Waals surface area contributed by atoms with Crippen LogP contribution in [-0.4, -0.2) is 22.0 Å². The van der Waals surface area contributed by atoms with Crippen LogP contribution in [0.25, 0.3) is 17.1 Å². The highest BCUT2D eigenvalue weighted by atomic mass is 79.9. The summed E-state index contributed by atoms with van der Waals surface area (Å²) in [6, 6.07) is 15.9. The summed E-state index contributed by atoms with van der Waals surface area (Å²) in [6.07, 6.45) is 0. The van der Waals surface area contributed by atoms with Gasteiger partial charge in [-0.3, -0.25) is 5.43 Å². The van der Waals surface area contributed by atoms with Gasteiger partial charge in [-0.2, -0.15) is 0 Å². The first-order chi connectivity index (χ1) is 11.7. The van der Waals surface area contributed by atoms with E-state index >= 15 is 0 Å². The molecule has 2 heterocycles. The van der Waals surface area contributed by atoms with Crippen LogP contribution in [-0.2, 0) is 0 Å². The lowest BCUT2D eigenvalue weighted by Crippen LogP contribution is -2.18. The molecule has 0 saturated heterocycles. The Balaban J connectivity index is 1.69. The lowest BCUT2D eigenvalue weighted by atomic mass is 10.2. The molecule has 1 aromatic heterocycles. The van der Waals surface area contributed by atoms with Gasteiger partial charge in [-0.15, -0.1) is 10.2 Å². The predicted molar refractivity (Wildman–Crippen MR) is 99.3 cm³/mol. The highest BCUT2D eigenvalue weighted by Gasteiger charge is 2.19. The third kappa shape index (κ3) is 2.81. The van der Waals surface area contributed by atoms with Crippen LogP contribution >= 0.6 is 27.7 Å². The van der Waals surface area contributed by atoms with E-state index in [1.54, 1.807) is 18.9 Å². The minimum absolute atomic E-state index is 0.749. The summed E-state index contributed by atoms with van der Waals surface area (Å²) < 4.78 is 8.25. The van der Waals surface area contributed by atoms with Gasteiger partial charge in [-0.1, -0.05) is 52.0 Å². The highest BCUT2D eigenvalue weighted by molar-refractivity contribution is 9.10. The number of halogens is 1. The Hall–Kier alpha value is -2.25. The first-order valence-electron chi connectivity index (χ1n) is 7.24. The first-order valence-corrected chi connectivity index (χ1v) is 8.91. The molecule has 0 saturated carbocycles. The Morgan fingerprint density at radius 3 is 2.71 bits per heavy atom. The molecule has 2 aromatic carbocycles. The summed E-state index contributed by atoms with van der Waals surface area (Å²) in [5, 5.41) is 11.4. The van der Waals surface area contributed by atoms with Gasteiger partial charge in [-0.25, -0.2) is 4.68 Å². The van der Waals surface area contributed by atoms with Crippen LogP contribution in [0, 0.1) is 0 Å². The molecule has 24 heavy (non-hydrogen) atoms. The van der Waals surface area contributed by atoms with Crippen molar-refractivity contribution in [2.45, 2.75) is 5.16 Å². The minimum atomic E-state index is 0.749. The van der Waals surface area contributed by atoms with Crippen molar-refractivity contribution in [2.24, 2.45) is 0 Å². The molecule has 0 radical (unpaired) electrons. The maximum atomic E-state index is 5.30. The van der Waals surface area contributed by atoms with Crippen molar-refractivity contribution in [2.75, 3.05) is 12.5 Å². The van der Waals surface area contributed by atoms with Crippen LogP contribution < -0.4 is 10.2 Å². The van der Waals surface area contributed by atoms with Crippen LogP contribution in [0.1, 0.15) is 5.56 Å². The second kappa shape index (κ2) is 6.33. The van der Waals surface area contributed by atoms with Crippen molar-refractivity contribution in [1.29, 1.82) is 0 Å². The molecule has 0 unspecified atom stereocenters. The van der Waals surface area contributed by atoms with E-state index in [-0.39, 0.29) is 0 Å². The van der Waals surface area contributed by atoms with Crippen molar-refractivity contribution in [3.05, 3.63) is 64.0 Å². The van der Waals surface area contributed by atoms with Gasteiger partial charge in [0.25, 0.3) is 0 Å². The lowest BCUT2D eigenvalue weighted by Gasteiger charge is -2.19. The smallest absolute Gasteiger partial charge is 0.214 e. The molecule has 5 nitrogen and oxygen atoms in total. The van der Waals surface area contributed by atoms with Crippen LogP contribution in [0.5, 0.6) is 5.75 Å². The van der Waals surface area contributed by atoms with Crippen LogP contribution in [0.15, 0.2) is 63.6 Å². The summed E-state index contributed by atoms with van der Waals surface area (Å²) in [5.74, 6) is 1.54. The third-order valence-corrected chi connectivity index (χ3v) is 4.99. The first kappa shape index (κ1) is 15.3. The minimum Gasteiger partial charge on any atom is -0.497 e. The molecule has 0 amide bonds. The summed E-state index contributed by atoms with van der Waals surface area (Å²) in [7, 11) is 1.65. The molecule has 0 fully saturated rings. The number of aromatic nitrogens is 3. The number of nitrogens with zero attached hydrogens (tertiary/aromatic N) is 3. The number of rotatable bonds is 3. The number of nitrogens with one attached hydrogen (secondary N) is 1. The van der Waals surface area contributed by atoms with E-state index in [0.29, 0.717) is 0 Å². The van der Waals surface area contributed by atoms with Crippen LogP contribution in [0.4, 0.5) is 0 Å². The molecular weight excluding hydrogens is 388 g/mol. The maximum Gasteiger partial charge on any atom is 0.214 e. The third-order valence-electron chi connectivity index (χ3n) is 3.63. The molecule has 0 atom stereocenters. The zero-order valence-electron chi connectivity index (χ0n) is 12.7. The average molecular weight is 401 g/mol. The van der Waals surface area contributed by atoms with Gasteiger partial charge >= 0.3 is 0 Å². The Morgan fingerprint density at radius 1 is 1.08 bits per heavy atom. The standard InChI is InChI=1S/C17H13BrN4OS/c1-23-14-4-2-3-12(9-14)16-19-20-17-22(16)21-15(10-24-17)11-5-7-13(18)8-6-11/h2-10,21H,1H3. The molecule has 4 rings (SSSR count). The molecule has 7 heteroatoms. The molecule has 0 spiro atoms. The van der Waals surface area contributed by atoms with Gasteiger partial charge < -0.3 is 4.74 Å². The average Bonchev–Trinajstić information content (AvgIpc) is 3.05. The number of hydrogen-bond acceptors (Lipinski definition) is 5. The Morgan fingerprint density at radius 2 is 1.92 bits per heavy atom. The van der Waals surface area contributed by atoms with E-state index in [2.05, 4.69) is 43.7 Å². The van der Waals surface area contributed by atoms with Crippen molar-refractivity contribution >= 4 is 33.4 Å². The van der Waals surface area contributed by atoms with Crippen molar-refractivity contribution < 1.29 is 4.74 Å². The van der Waals surface area contributed by atoms with Crippen LogP contribution in [0.2, 0.25) is 0 Å². The van der Waals surface area contributed by atoms with Gasteiger partial charge in [0, 0.05) is 21.0 Å². The Labute approximate surface area is 151 Å². The largest absolute Gasteiger partial charge is 0.497 e. The number of thioether (sulfide) groups is 1. The fourth-order valence-corrected chi connectivity index (χ4v) is 3.42. The Bertz CT molecular complexity index is 921. The SMILES string of the molecule is COc1cccc(-c2nnc3n2NC(c2ccc(Br)cc2)=CS3)c1. The van der Waals surface area contributed by atoms with Crippen molar-refractivity contribution in [1.82, 2.24) is 14.9 Å². The van der Waals surface area contributed by atoms with Gasteiger partial charge in [-0.05, 0) is 24.3 Å². The van der Waals surface area contributed by atoms with Gasteiger partial charge in [0.1, 0.15) is 5.75 Å². The van der Waals surface area contributed by atoms with E-state index in [0.717, 1.165) is 38.0 Å². The number of ether oxygens (including phenoxy) is 1. The summed E-state index contributed by atoms with van der Waals surface area (Å²) in [6.45, 7) is 0. The van der Waals surface area contributed by atoms with E-state index in [4.69, 9.17) is 4.74 Å². The van der Waals surface area contributed by atoms with Crippen molar-refractivity contribution in [3.63, 3.8) is 0 Å². The monoisotopic (exact) mass is 400 g/mol. The lowest BCUT2D eigenvalue weighted by molar-refractivity contribution is 0.415. The van der Waals surface area contributed by atoms with Gasteiger partial charge in [0.15, 0.2) is 5.82 Å². The van der Waals surface area contributed by atoms with Gasteiger partial charge in [0.2, 0.25) is 5.16 Å². The summed E-state index contributed by atoms with van der Waals surface area (Å²) >= 11 is 5.01. The van der Waals surface area contributed by atoms with E-state index < -0.39 is 0 Å². The molecule has 0 bridgehead atoms. The van der Waals surface area contributed by atoms with E-state index in [9.17, 15) is 0 Å². The van der Waals surface area contributed by atoms with Crippen LogP contribution in [0.3, 0.4) is 0 Å². The molecule has 1 aliphatic heterocycles. The molecular formula is C17H13BrN4OS. The molecule has 1 aliphatic rings. The summed E-state index contributed by atoms with van der Waals surface area (Å²) in [4.78, 5) is 0. The van der Waals surface area contributed by atoms with E-state index in [1.165, 1.54) is 0 Å². The van der Waals surface area contributed by atoms with Gasteiger partial charge in [0.05, 0.1) is 12.8 Å². The highest BCUT2D eigenvalue weighted by Crippen LogP contribution is 2.32. The van der Waals surface area contributed by atoms with Crippen molar-refractivity contribution in [3.8, 4) is 17.1 Å². The number of fused-ring (bicyclic) bond motifs is 1. The van der Waals surface area contributed by atoms with E-state index in [1.807, 2.05) is 46.5 Å². The maximum absolute atomic E-state index is 5.30. The predicted octanol–water partition coefficient (Wildman–Crippen LogP) is 4.36. The fourth-order valence-electron chi connectivity index (χ4n) is 2.42. The normalized spacial score (nSPS) is 13.0. The molecule has 0 aliphatic carbocycles. The number of benzene rings is 2. The fraction of sp³-hybridized carbons (Fsp3) is 0.0588.